The van der Waals surface area contributed by atoms with Crippen LogP contribution in [0, 0.1) is 0 Å². The van der Waals surface area contributed by atoms with E-state index < -0.39 is 0 Å². The predicted molar refractivity (Wildman–Crippen MR) is 79.1 cm³/mol. The molecule has 0 saturated carbocycles. The molecular formula is C14H30N4O. The molecule has 0 atom stereocenters. The van der Waals surface area contributed by atoms with Gasteiger partial charge in [0, 0.05) is 32.7 Å². The predicted octanol–water partition coefficient (Wildman–Crippen LogP) is 0.259. The molecular weight excluding hydrogens is 240 g/mol. The average Bonchev–Trinajstić information content (AvgIpc) is 2.43. The van der Waals surface area contributed by atoms with Gasteiger partial charge in [-0.05, 0) is 32.4 Å². The van der Waals surface area contributed by atoms with Gasteiger partial charge >= 0.3 is 0 Å². The van der Waals surface area contributed by atoms with Gasteiger partial charge in [-0.25, -0.2) is 0 Å². The topological polar surface area (TPSA) is 61.6 Å². The Bertz CT molecular complexity index is 240. The second kappa shape index (κ2) is 10.2. The SMILES string of the molecule is CCCNC(=O)CN1CCN(CCCCCN)CC1. The first-order valence-corrected chi connectivity index (χ1v) is 7.67. The third-order valence-corrected chi connectivity index (χ3v) is 3.58. The summed E-state index contributed by atoms with van der Waals surface area (Å²) in [5.74, 6) is 0.165. The van der Waals surface area contributed by atoms with Gasteiger partial charge in [0.2, 0.25) is 5.91 Å². The van der Waals surface area contributed by atoms with E-state index in [1.165, 1.54) is 19.4 Å². The van der Waals surface area contributed by atoms with E-state index in [4.69, 9.17) is 5.73 Å². The summed E-state index contributed by atoms with van der Waals surface area (Å²) < 4.78 is 0. The molecule has 0 bridgehead atoms. The van der Waals surface area contributed by atoms with E-state index in [9.17, 15) is 4.79 Å². The van der Waals surface area contributed by atoms with Crippen molar-refractivity contribution in [3.8, 4) is 0 Å². The molecule has 112 valence electrons. The molecule has 0 aromatic carbocycles. The molecule has 0 aromatic rings. The number of rotatable bonds is 9. The molecule has 1 heterocycles. The highest BCUT2D eigenvalue weighted by Gasteiger charge is 2.18. The molecule has 1 rings (SSSR count). The lowest BCUT2D eigenvalue weighted by molar-refractivity contribution is -0.122. The Kier molecular flexibility index (Phi) is 8.79. The van der Waals surface area contributed by atoms with Crippen molar-refractivity contribution in [2.75, 3.05) is 52.4 Å². The molecule has 0 radical (unpaired) electrons. The zero-order valence-corrected chi connectivity index (χ0v) is 12.4. The molecule has 5 heteroatoms. The van der Waals surface area contributed by atoms with Gasteiger partial charge in [-0.3, -0.25) is 9.69 Å². The molecule has 0 spiro atoms. The number of hydrogen-bond acceptors (Lipinski definition) is 4. The number of hydrogen-bond donors (Lipinski definition) is 2. The van der Waals surface area contributed by atoms with Crippen LogP contribution in [0.4, 0.5) is 0 Å². The third-order valence-electron chi connectivity index (χ3n) is 3.58. The summed E-state index contributed by atoms with van der Waals surface area (Å²) in [5, 5.41) is 2.93. The highest BCUT2D eigenvalue weighted by Crippen LogP contribution is 2.04. The number of amides is 1. The van der Waals surface area contributed by atoms with Gasteiger partial charge in [0.05, 0.1) is 6.54 Å². The van der Waals surface area contributed by atoms with Gasteiger partial charge < -0.3 is 16.0 Å². The lowest BCUT2D eigenvalue weighted by atomic mass is 10.2. The second-order valence-electron chi connectivity index (χ2n) is 5.32. The number of nitrogens with one attached hydrogen (secondary N) is 1. The van der Waals surface area contributed by atoms with Crippen LogP contribution in [0.1, 0.15) is 32.6 Å². The van der Waals surface area contributed by atoms with E-state index in [0.717, 1.165) is 52.1 Å². The molecule has 1 aliphatic heterocycles. The second-order valence-corrected chi connectivity index (χ2v) is 5.32. The fraction of sp³-hybridized carbons (Fsp3) is 0.929. The number of nitrogens with two attached hydrogens (primary N) is 1. The average molecular weight is 270 g/mol. The number of nitrogens with zero attached hydrogens (tertiary/aromatic N) is 2. The summed E-state index contributed by atoms with van der Waals surface area (Å²) in [6.45, 7) is 9.60. The lowest BCUT2D eigenvalue weighted by Crippen LogP contribution is -2.49. The summed E-state index contributed by atoms with van der Waals surface area (Å²) in [5.41, 5.74) is 5.49. The number of unbranched alkanes of at least 4 members (excludes halogenated alkanes) is 2. The van der Waals surface area contributed by atoms with Gasteiger partial charge in [-0.15, -0.1) is 0 Å². The van der Waals surface area contributed by atoms with E-state index >= 15 is 0 Å². The summed E-state index contributed by atoms with van der Waals surface area (Å²) in [7, 11) is 0. The Morgan fingerprint density at radius 1 is 1.11 bits per heavy atom. The van der Waals surface area contributed by atoms with Crippen LogP contribution in [0.15, 0.2) is 0 Å². The minimum Gasteiger partial charge on any atom is -0.355 e. The van der Waals surface area contributed by atoms with E-state index in [2.05, 4.69) is 22.0 Å². The van der Waals surface area contributed by atoms with Gasteiger partial charge in [0.25, 0.3) is 0 Å². The van der Waals surface area contributed by atoms with E-state index in [-0.39, 0.29) is 5.91 Å². The van der Waals surface area contributed by atoms with Crippen LogP contribution in [-0.2, 0) is 4.79 Å². The number of carbonyl (C=O) groups excluding carboxylic acids is 1. The van der Waals surface area contributed by atoms with Crippen molar-refractivity contribution in [2.24, 2.45) is 5.73 Å². The van der Waals surface area contributed by atoms with E-state index in [1.54, 1.807) is 0 Å². The Balaban J connectivity index is 2.06. The third kappa shape index (κ3) is 7.50. The van der Waals surface area contributed by atoms with E-state index in [0.29, 0.717) is 6.54 Å². The van der Waals surface area contributed by atoms with Crippen LogP contribution in [0.5, 0.6) is 0 Å². The van der Waals surface area contributed by atoms with Crippen LogP contribution in [0.25, 0.3) is 0 Å². The molecule has 3 N–H and O–H groups in total. The summed E-state index contributed by atoms with van der Waals surface area (Å²) >= 11 is 0. The van der Waals surface area contributed by atoms with Gasteiger partial charge in [0.1, 0.15) is 0 Å². The smallest absolute Gasteiger partial charge is 0.234 e. The van der Waals surface area contributed by atoms with Crippen molar-refractivity contribution < 1.29 is 4.79 Å². The van der Waals surface area contributed by atoms with Crippen molar-refractivity contribution in [3.05, 3.63) is 0 Å². The monoisotopic (exact) mass is 270 g/mol. The van der Waals surface area contributed by atoms with Crippen LogP contribution in [0.2, 0.25) is 0 Å². The number of piperazine rings is 1. The summed E-state index contributed by atoms with van der Waals surface area (Å²) in [6.07, 6.45) is 4.62. The fourth-order valence-electron chi connectivity index (χ4n) is 2.35. The zero-order valence-electron chi connectivity index (χ0n) is 12.4. The first kappa shape index (κ1) is 16.4. The molecule has 19 heavy (non-hydrogen) atoms. The van der Waals surface area contributed by atoms with Crippen LogP contribution >= 0.6 is 0 Å². The standard InChI is InChI=1S/C14H30N4O/c1-2-7-16-14(19)13-18-11-9-17(10-12-18)8-5-3-4-6-15/h2-13,15H2,1H3,(H,16,19). The first-order valence-electron chi connectivity index (χ1n) is 7.67. The van der Waals surface area contributed by atoms with Crippen LogP contribution < -0.4 is 11.1 Å². The van der Waals surface area contributed by atoms with Crippen LogP contribution in [-0.4, -0.2) is 68.1 Å². The Labute approximate surface area is 117 Å². The summed E-state index contributed by atoms with van der Waals surface area (Å²) in [6, 6.07) is 0. The van der Waals surface area contributed by atoms with Crippen molar-refractivity contribution in [1.29, 1.82) is 0 Å². The normalized spacial score (nSPS) is 17.6. The largest absolute Gasteiger partial charge is 0.355 e. The highest BCUT2D eigenvalue weighted by molar-refractivity contribution is 5.77. The van der Waals surface area contributed by atoms with Gasteiger partial charge in [-0.2, -0.15) is 0 Å². The zero-order chi connectivity index (χ0) is 13.9. The van der Waals surface area contributed by atoms with Crippen molar-refractivity contribution in [1.82, 2.24) is 15.1 Å². The Morgan fingerprint density at radius 3 is 2.42 bits per heavy atom. The molecule has 0 unspecified atom stereocenters. The fourth-order valence-corrected chi connectivity index (χ4v) is 2.35. The molecule has 5 nitrogen and oxygen atoms in total. The van der Waals surface area contributed by atoms with Crippen molar-refractivity contribution >= 4 is 5.91 Å². The molecule has 0 aromatic heterocycles. The van der Waals surface area contributed by atoms with Crippen molar-refractivity contribution in [3.63, 3.8) is 0 Å². The Hall–Kier alpha value is -0.650. The lowest BCUT2D eigenvalue weighted by Gasteiger charge is -2.34. The van der Waals surface area contributed by atoms with Crippen molar-refractivity contribution in [2.45, 2.75) is 32.6 Å². The molecule has 0 aliphatic carbocycles. The summed E-state index contributed by atoms with van der Waals surface area (Å²) in [4.78, 5) is 16.4. The maximum atomic E-state index is 11.6. The number of carbonyl (C=O) groups is 1. The highest BCUT2D eigenvalue weighted by atomic mass is 16.2. The molecule has 1 saturated heterocycles. The van der Waals surface area contributed by atoms with E-state index in [1.807, 2.05) is 0 Å². The Morgan fingerprint density at radius 2 is 1.79 bits per heavy atom. The van der Waals surface area contributed by atoms with Crippen LogP contribution in [0.3, 0.4) is 0 Å². The first-order chi connectivity index (χ1) is 9.26. The maximum Gasteiger partial charge on any atom is 0.234 e. The molecule has 1 fully saturated rings. The van der Waals surface area contributed by atoms with Gasteiger partial charge in [-0.1, -0.05) is 13.3 Å². The van der Waals surface area contributed by atoms with Gasteiger partial charge in [0.15, 0.2) is 0 Å². The minimum atomic E-state index is 0.165. The minimum absolute atomic E-state index is 0.165. The molecule has 1 amide bonds. The maximum absolute atomic E-state index is 11.6. The molecule has 1 aliphatic rings. The quantitative estimate of drug-likeness (QED) is 0.590.